The van der Waals surface area contributed by atoms with Gasteiger partial charge in [-0.1, -0.05) is 22.0 Å². The minimum absolute atomic E-state index is 0.207. The molecule has 0 N–H and O–H groups in total. The van der Waals surface area contributed by atoms with Crippen LogP contribution in [-0.4, -0.2) is 18.7 Å². The van der Waals surface area contributed by atoms with Gasteiger partial charge in [-0.15, -0.1) is 0 Å². The van der Waals surface area contributed by atoms with Gasteiger partial charge in [0.05, 0.1) is 19.1 Å². The molecule has 0 radical (unpaired) electrons. The monoisotopic (exact) mass is 326 g/mol. The van der Waals surface area contributed by atoms with Crippen LogP contribution in [-0.2, 0) is 16.0 Å². The van der Waals surface area contributed by atoms with Crippen molar-refractivity contribution in [2.45, 2.75) is 45.1 Å². The SMILES string of the molecule is CCOC(=O)Cc1ccc(Br)cc1OC1CCCC1. The summed E-state index contributed by atoms with van der Waals surface area (Å²) in [6, 6.07) is 5.79. The van der Waals surface area contributed by atoms with Crippen LogP contribution in [0.1, 0.15) is 38.2 Å². The Morgan fingerprint density at radius 2 is 2.11 bits per heavy atom. The van der Waals surface area contributed by atoms with Crippen molar-refractivity contribution in [3.05, 3.63) is 28.2 Å². The third-order valence-electron chi connectivity index (χ3n) is 3.27. The molecule has 104 valence electrons. The summed E-state index contributed by atoms with van der Waals surface area (Å²) in [5, 5.41) is 0. The summed E-state index contributed by atoms with van der Waals surface area (Å²) in [7, 11) is 0. The molecule has 0 aromatic heterocycles. The molecule has 0 amide bonds. The lowest BCUT2D eigenvalue weighted by Gasteiger charge is -2.16. The first-order valence-corrected chi connectivity index (χ1v) is 7.59. The first-order chi connectivity index (χ1) is 9.19. The van der Waals surface area contributed by atoms with Crippen molar-refractivity contribution in [2.24, 2.45) is 0 Å². The zero-order valence-corrected chi connectivity index (χ0v) is 12.7. The summed E-state index contributed by atoms with van der Waals surface area (Å²) in [6.45, 7) is 2.23. The molecule has 0 bridgehead atoms. The number of benzene rings is 1. The van der Waals surface area contributed by atoms with Gasteiger partial charge in [-0.3, -0.25) is 4.79 Å². The van der Waals surface area contributed by atoms with Crippen molar-refractivity contribution >= 4 is 21.9 Å². The van der Waals surface area contributed by atoms with Gasteiger partial charge in [0.1, 0.15) is 5.75 Å². The lowest BCUT2D eigenvalue weighted by atomic mass is 10.1. The lowest BCUT2D eigenvalue weighted by Crippen LogP contribution is -2.14. The second kappa shape index (κ2) is 6.94. The maximum Gasteiger partial charge on any atom is 0.310 e. The minimum atomic E-state index is -0.207. The number of esters is 1. The van der Waals surface area contributed by atoms with E-state index in [2.05, 4.69) is 15.9 Å². The van der Waals surface area contributed by atoms with Crippen molar-refractivity contribution < 1.29 is 14.3 Å². The van der Waals surface area contributed by atoms with Gasteiger partial charge in [0.2, 0.25) is 0 Å². The molecule has 1 aliphatic rings. The predicted octanol–water partition coefficient (Wildman–Crippen LogP) is 3.88. The van der Waals surface area contributed by atoms with Crippen LogP contribution >= 0.6 is 15.9 Å². The zero-order chi connectivity index (χ0) is 13.7. The summed E-state index contributed by atoms with van der Waals surface area (Å²) in [5.74, 6) is 0.593. The highest BCUT2D eigenvalue weighted by Gasteiger charge is 2.19. The van der Waals surface area contributed by atoms with Gasteiger partial charge in [0.25, 0.3) is 0 Å². The fourth-order valence-corrected chi connectivity index (χ4v) is 2.68. The highest BCUT2D eigenvalue weighted by molar-refractivity contribution is 9.10. The number of rotatable bonds is 5. The summed E-state index contributed by atoms with van der Waals surface area (Å²) >= 11 is 3.45. The third-order valence-corrected chi connectivity index (χ3v) is 3.76. The average Bonchev–Trinajstić information content (AvgIpc) is 2.86. The van der Waals surface area contributed by atoms with E-state index in [9.17, 15) is 4.79 Å². The van der Waals surface area contributed by atoms with E-state index in [-0.39, 0.29) is 18.5 Å². The number of carbonyl (C=O) groups excluding carboxylic acids is 1. The molecule has 1 aromatic rings. The van der Waals surface area contributed by atoms with Gasteiger partial charge >= 0.3 is 5.97 Å². The molecule has 1 aromatic carbocycles. The van der Waals surface area contributed by atoms with Crippen molar-refractivity contribution in [1.82, 2.24) is 0 Å². The fraction of sp³-hybridized carbons (Fsp3) is 0.533. The molecular weight excluding hydrogens is 308 g/mol. The Kier molecular flexibility index (Phi) is 5.25. The molecule has 0 saturated heterocycles. The molecule has 3 nitrogen and oxygen atoms in total. The van der Waals surface area contributed by atoms with E-state index in [4.69, 9.17) is 9.47 Å². The van der Waals surface area contributed by atoms with E-state index >= 15 is 0 Å². The zero-order valence-electron chi connectivity index (χ0n) is 11.2. The number of ether oxygens (including phenoxy) is 2. The van der Waals surface area contributed by atoms with Gasteiger partial charge in [-0.05, 0) is 44.7 Å². The highest BCUT2D eigenvalue weighted by Crippen LogP contribution is 2.29. The fourth-order valence-electron chi connectivity index (χ4n) is 2.34. The molecule has 0 unspecified atom stereocenters. The van der Waals surface area contributed by atoms with Crippen LogP contribution < -0.4 is 4.74 Å². The van der Waals surface area contributed by atoms with Crippen molar-refractivity contribution in [3.8, 4) is 5.75 Å². The van der Waals surface area contributed by atoms with Gasteiger partial charge in [-0.2, -0.15) is 0 Å². The largest absolute Gasteiger partial charge is 0.490 e. The summed E-state index contributed by atoms with van der Waals surface area (Å²) in [4.78, 5) is 11.6. The van der Waals surface area contributed by atoms with Crippen molar-refractivity contribution in [1.29, 1.82) is 0 Å². The number of hydrogen-bond donors (Lipinski definition) is 0. The Balaban J connectivity index is 2.10. The van der Waals surface area contributed by atoms with E-state index < -0.39 is 0 Å². The molecule has 1 aliphatic carbocycles. The minimum Gasteiger partial charge on any atom is -0.490 e. The van der Waals surface area contributed by atoms with Crippen LogP contribution in [0.15, 0.2) is 22.7 Å². The van der Waals surface area contributed by atoms with Crippen LogP contribution in [0.3, 0.4) is 0 Å². The summed E-state index contributed by atoms with van der Waals surface area (Å²) in [5.41, 5.74) is 0.897. The molecule has 2 rings (SSSR count). The topological polar surface area (TPSA) is 35.5 Å². The summed E-state index contributed by atoms with van der Waals surface area (Å²) in [6.07, 6.45) is 5.22. The van der Waals surface area contributed by atoms with E-state index in [1.54, 1.807) is 0 Å². The van der Waals surface area contributed by atoms with E-state index in [1.807, 2.05) is 25.1 Å². The molecular formula is C15H19BrO3. The van der Waals surface area contributed by atoms with Crippen LogP contribution in [0.4, 0.5) is 0 Å². The van der Waals surface area contributed by atoms with Crippen LogP contribution in [0.5, 0.6) is 5.75 Å². The second-order valence-corrected chi connectivity index (χ2v) is 5.67. The van der Waals surface area contributed by atoms with Gasteiger partial charge < -0.3 is 9.47 Å². The standard InChI is InChI=1S/C15H19BrO3/c1-2-18-15(17)9-11-7-8-12(16)10-14(11)19-13-5-3-4-6-13/h7-8,10,13H,2-6,9H2,1H3. The predicted molar refractivity (Wildman–Crippen MR) is 77.4 cm³/mol. The highest BCUT2D eigenvalue weighted by atomic mass is 79.9. The van der Waals surface area contributed by atoms with Crippen molar-refractivity contribution in [2.75, 3.05) is 6.61 Å². The molecule has 0 atom stereocenters. The normalized spacial score (nSPS) is 15.5. The molecule has 4 heteroatoms. The molecule has 0 aliphatic heterocycles. The first kappa shape index (κ1) is 14.4. The van der Waals surface area contributed by atoms with Gasteiger partial charge in [0, 0.05) is 10.0 Å². The molecule has 19 heavy (non-hydrogen) atoms. The molecule has 0 spiro atoms. The second-order valence-electron chi connectivity index (χ2n) is 4.76. The third kappa shape index (κ3) is 4.23. The smallest absolute Gasteiger partial charge is 0.310 e. The number of hydrogen-bond acceptors (Lipinski definition) is 3. The maximum atomic E-state index is 11.6. The Bertz CT molecular complexity index is 439. The maximum absolute atomic E-state index is 11.6. The van der Waals surface area contributed by atoms with Gasteiger partial charge in [-0.25, -0.2) is 0 Å². The first-order valence-electron chi connectivity index (χ1n) is 6.79. The average molecular weight is 327 g/mol. The van der Waals surface area contributed by atoms with E-state index in [0.717, 1.165) is 28.6 Å². The number of halogens is 1. The molecule has 1 saturated carbocycles. The summed E-state index contributed by atoms with van der Waals surface area (Å²) < 4.78 is 12.0. The van der Waals surface area contributed by atoms with Crippen LogP contribution in [0, 0.1) is 0 Å². The molecule has 1 fully saturated rings. The van der Waals surface area contributed by atoms with Crippen molar-refractivity contribution in [3.63, 3.8) is 0 Å². The van der Waals surface area contributed by atoms with Gasteiger partial charge in [0.15, 0.2) is 0 Å². The Hall–Kier alpha value is -1.03. The van der Waals surface area contributed by atoms with Crippen LogP contribution in [0.25, 0.3) is 0 Å². The van der Waals surface area contributed by atoms with Crippen LogP contribution in [0.2, 0.25) is 0 Å². The Morgan fingerprint density at radius 1 is 1.37 bits per heavy atom. The number of carbonyl (C=O) groups is 1. The van der Waals surface area contributed by atoms with E-state index in [1.165, 1.54) is 12.8 Å². The van der Waals surface area contributed by atoms with E-state index in [0.29, 0.717) is 6.61 Å². The molecule has 0 heterocycles. The quantitative estimate of drug-likeness (QED) is 0.770. The Morgan fingerprint density at radius 3 is 2.79 bits per heavy atom. The Labute approximate surface area is 122 Å². The lowest BCUT2D eigenvalue weighted by molar-refractivity contribution is -0.142.